The molecule has 3 saturated carbocycles. The normalized spacial score (nSPS) is 28.0. The van der Waals surface area contributed by atoms with Crippen LogP contribution >= 0.6 is 31.9 Å². The first kappa shape index (κ1) is 29.3. The molecule has 1 unspecified atom stereocenters. The van der Waals surface area contributed by atoms with Gasteiger partial charge in [0.05, 0.1) is 9.28 Å². The number of rotatable bonds is 9. The number of alkyl carbamates (subject to hydrolysis) is 1. The lowest BCUT2D eigenvalue weighted by Gasteiger charge is -2.37. The van der Waals surface area contributed by atoms with E-state index in [1.165, 1.54) is 4.90 Å². The molecule has 0 radical (unpaired) electrons. The largest absolute Gasteiger partial charge is 0.444 e. The molecule has 0 spiro atoms. The second-order valence-electron chi connectivity index (χ2n) is 12.2. The number of hydrogen-bond donors (Lipinski definition) is 3. The summed E-state index contributed by atoms with van der Waals surface area (Å²) in [5.74, 6) is -2.80. The molecule has 10 nitrogen and oxygen atoms in total. The molecule has 3 aliphatic carbocycles. The molecule has 0 aromatic heterocycles. The predicted octanol–water partition coefficient (Wildman–Crippen LogP) is 2.74. The van der Waals surface area contributed by atoms with Gasteiger partial charge in [0.2, 0.25) is 17.6 Å². The van der Waals surface area contributed by atoms with Gasteiger partial charge in [-0.25, -0.2) is 4.79 Å². The minimum atomic E-state index is -1.09. The number of hydrogen-bond acceptors (Lipinski definition) is 6. The van der Waals surface area contributed by atoms with Crippen molar-refractivity contribution in [3.63, 3.8) is 0 Å². The van der Waals surface area contributed by atoms with Gasteiger partial charge in [-0.15, -0.1) is 0 Å². The Morgan fingerprint density at radius 2 is 1.66 bits per heavy atom. The monoisotopic (exact) mass is 660 g/mol. The Hall–Kier alpha value is -1.69. The molecule has 0 aromatic carbocycles. The molecule has 1 saturated heterocycles. The Balaban J connectivity index is 1.55. The van der Waals surface area contributed by atoms with Gasteiger partial charge in [0.25, 0.3) is 5.91 Å². The molecule has 0 aromatic rings. The van der Waals surface area contributed by atoms with Gasteiger partial charge < -0.3 is 26.0 Å². The third-order valence-corrected chi connectivity index (χ3v) is 10.3. The summed E-state index contributed by atoms with van der Waals surface area (Å²) in [4.78, 5) is 66.1. The molecule has 4 rings (SSSR count). The quantitative estimate of drug-likeness (QED) is 0.256. The molecule has 4 fully saturated rings. The van der Waals surface area contributed by atoms with Crippen LogP contribution in [0.1, 0.15) is 72.1 Å². The SMILES string of the molecule is CC(C)(C)OC(=O)N[C@H](C(=O)N1C[C@@H]2[C@H]([C@H]1C(=O)NC(CC1CC1)C(=O)C(N)=O)C2(Br)Br)C1CCCCC1. The van der Waals surface area contributed by atoms with Crippen molar-refractivity contribution < 1.29 is 28.7 Å². The van der Waals surface area contributed by atoms with Gasteiger partial charge >= 0.3 is 6.09 Å². The average Bonchev–Trinajstić information content (AvgIpc) is 3.68. The molecule has 4 aliphatic rings. The molecule has 38 heavy (non-hydrogen) atoms. The van der Waals surface area contributed by atoms with Crippen LogP contribution in [0.3, 0.4) is 0 Å². The van der Waals surface area contributed by atoms with Crippen LogP contribution in [0.15, 0.2) is 0 Å². The molecule has 1 aliphatic heterocycles. The van der Waals surface area contributed by atoms with E-state index >= 15 is 0 Å². The zero-order valence-electron chi connectivity index (χ0n) is 22.1. The molecule has 5 atom stereocenters. The number of carbonyl (C=O) groups is 5. The summed E-state index contributed by atoms with van der Waals surface area (Å²) in [6.45, 7) is 5.59. The number of carbonyl (C=O) groups excluding carboxylic acids is 5. The van der Waals surface area contributed by atoms with Crippen molar-refractivity contribution in [1.29, 1.82) is 0 Å². The third-order valence-electron chi connectivity index (χ3n) is 8.09. The predicted molar refractivity (Wildman–Crippen MR) is 146 cm³/mol. The molecule has 4 N–H and O–H groups in total. The number of halogens is 2. The maximum atomic E-state index is 14.1. The lowest BCUT2D eigenvalue weighted by atomic mass is 9.83. The molecule has 212 valence electrons. The van der Waals surface area contributed by atoms with Crippen LogP contribution in [0.2, 0.25) is 0 Å². The van der Waals surface area contributed by atoms with Crippen molar-refractivity contribution in [2.24, 2.45) is 29.4 Å². The number of nitrogens with one attached hydrogen (secondary N) is 2. The van der Waals surface area contributed by atoms with E-state index in [2.05, 4.69) is 42.5 Å². The minimum absolute atomic E-state index is 0.0237. The first-order chi connectivity index (χ1) is 17.7. The molecular formula is C26H38Br2N4O6. The number of likely N-dealkylation sites (tertiary alicyclic amines) is 1. The van der Waals surface area contributed by atoms with Gasteiger partial charge in [-0.2, -0.15) is 0 Å². The van der Waals surface area contributed by atoms with Crippen molar-refractivity contribution in [2.45, 2.75) is 99.1 Å². The molecule has 1 heterocycles. The van der Waals surface area contributed by atoms with E-state index in [-0.39, 0.29) is 29.6 Å². The summed E-state index contributed by atoms with van der Waals surface area (Å²) >= 11 is 7.28. The number of ketones is 1. The maximum Gasteiger partial charge on any atom is 0.408 e. The summed E-state index contributed by atoms with van der Waals surface area (Å²) in [5.41, 5.74) is 4.53. The number of Topliss-reactive ketones (excluding diaryl/α,β-unsaturated/α-hetero) is 1. The number of alkyl halides is 2. The van der Waals surface area contributed by atoms with Crippen LogP contribution in [0.4, 0.5) is 4.79 Å². The highest BCUT2D eigenvalue weighted by molar-refractivity contribution is 9.25. The fourth-order valence-electron chi connectivity index (χ4n) is 5.94. The van der Waals surface area contributed by atoms with Crippen LogP contribution in [-0.4, -0.2) is 68.0 Å². The first-order valence-corrected chi connectivity index (χ1v) is 15.1. The molecular weight excluding hydrogens is 624 g/mol. The van der Waals surface area contributed by atoms with Crippen molar-refractivity contribution in [2.75, 3.05) is 6.54 Å². The molecule has 12 heteroatoms. The number of piperidine rings is 1. The second-order valence-corrected chi connectivity index (χ2v) is 15.9. The number of ether oxygens (including phenoxy) is 1. The van der Waals surface area contributed by atoms with Crippen molar-refractivity contribution in [1.82, 2.24) is 15.5 Å². The minimum Gasteiger partial charge on any atom is -0.444 e. The zero-order chi connectivity index (χ0) is 28.0. The van der Waals surface area contributed by atoms with Crippen molar-refractivity contribution in [3.8, 4) is 0 Å². The lowest BCUT2D eigenvalue weighted by molar-refractivity contribution is -0.144. The number of amides is 4. The smallest absolute Gasteiger partial charge is 0.408 e. The van der Waals surface area contributed by atoms with Gasteiger partial charge in [-0.1, -0.05) is 64.0 Å². The van der Waals surface area contributed by atoms with Crippen LogP contribution in [-0.2, 0) is 23.9 Å². The fourth-order valence-corrected chi connectivity index (χ4v) is 7.68. The van der Waals surface area contributed by atoms with E-state index in [1.54, 1.807) is 20.8 Å². The Labute approximate surface area is 240 Å². The van der Waals surface area contributed by atoms with Crippen LogP contribution < -0.4 is 16.4 Å². The van der Waals surface area contributed by atoms with Crippen LogP contribution in [0.25, 0.3) is 0 Å². The standard InChI is InChI=1S/C26H38Br2N4O6/c1-25(2,3)38-24(37)31-18(14-7-5-4-6-8-14)23(36)32-12-15-17(26(15,27)28)19(32)22(35)30-16(11-13-9-10-13)20(33)21(29)34/h13-19H,4-12H2,1-3H3,(H2,29,34)(H,30,35)(H,31,37)/t15-,16?,17-,18+,19+/m1/s1. The average molecular weight is 662 g/mol. The van der Waals surface area contributed by atoms with E-state index in [1.807, 2.05) is 0 Å². The van der Waals surface area contributed by atoms with Gasteiger partial charge in [0.1, 0.15) is 17.7 Å². The van der Waals surface area contributed by atoms with E-state index in [4.69, 9.17) is 10.5 Å². The lowest BCUT2D eigenvalue weighted by Crippen LogP contribution is -2.60. The summed E-state index contributed by atoms with van der Waals surface area (Å²) in [6, 6.07) is -2.72. The van der Waals surface area contributed by atoms with E-state index < -0.39 is 50.7 Å². The van der Waals surface area contributed by atoms with E-state index in [0.29, 0.717) is 13.0 Å². The first-order valence-electron chi connectivity index (χ1n) is 13.5. The number of nitrogens with two attached hydrogens (primary N) is 1. The second kappa shape index (κ2) is 11.1. The van der Waals surface area contributed by atoms with E-state index in [0.717, 1.165) is 44.9 Å². The Morgan fingerprint density at radius 1 is 1.03 bits per heavy atom. The summed E-state index contributed by atoms with van der Waals surface area (Å²) in [6.07, 6.45) is 6.13. The zero-order valence-corrected chi connectivity index (χ0v) is 25.3. The Kier molecular flexibility index (Phi) is 8.53. The van der Waals surface area contributed by atoms with Crippen LogP contribution in [0.5, 0.6) is 0 Å². The summed E-state index contributed by atoms with van der Waals surface area (Å²) < 4.78 is 4.95. The number of primary amides is 1. The third kappa shape index (κ3) is 6.54. The van der Waals surface area contributed by atoms with Gasteiger partial charge in [0, 0.05) is 18.4 Å². The Morgan fingerprint density at radius 3 is 2.21 bits per heavy atom. The summed E-state index contributed by atoms with van der Waals surface area (Å²) in [7, 11) is 0. The topological polar surface area (TPSA) is 148 Å². The molecule has 4 amide bonds. The van der Waals surface area contributed by atoms with Gasteiger partial charge in [0.15, 0.2) is 0 Å². The van der Waals surface area contributed by atoms with E-state index in [9.17, 15) is 24.0 Å². The highest BCUT2D eigenvalue weighted by Crippen LogP contribution is 2.67. The highest BCUT2D eigenvalue weighted by Gasteiger charge is 2.73. The van der Waals surface area contributed by atoms with Crippen molar-refractivity contribution in [3.05, 3.63) is 0 Å². The number of nitrogens with zero attached hydrogens (tertiary/aromatic N) is 1. The maximum absolute atomic E-state index is 14.1. The summed E-state index contributed by atoms with van der Waals surface area (Å²) in [5, 5.41) is 5.56. The van der Waals surface area contributed by atoms with Gasteiger partial charge in [-0.3, -0.25) is 19.2 Å². The molecule has 0 bridgehead atoms. The number of fused-ring (bicyclic) bond motifs is 1. The van der Waals surface area contributed by atoms with Crippen molar-refractivity contribution >= 4 is 61.5 Å². The Bertz CT molecular complexity index is 989. The highest BCUT2D eigenvalue weighted by atomic mass is 79.9. The van der Waals surface area contributed by atoms with Gasteiger partial charge in [-0.05, 0) is 51.9 Å². The fraction of sp³-hybridized carbons (Fsp3) is 0.808. The van der Waals surface area contributed by atoms with Crippen LogP contribution in [0, 0.1) is 23.7 Å².